The molecule has 0 spiro atoms. The fourth-order valence-electron chi connectivity index (χ4n) is 1.48. The Hall–Kier alpha value is -0.690. The number of thiocarbonyl (C=S) groups is 1. The summed E-state index contributed by atoms with van der Waals surface area (Å²) >= 11 is 8.40. The van der Waals surface area contributed by atoms with Gasteiger partial charge in [-0.3, -0.25) is 0 Å². The Kier molecular flexibility index (Phi) is 7.97. The lowest BCUT2D eigenvalue weighted by atomic mass is 10.2. The molecule has 0 saturated heterocycles. The van der Waals surface area contributed by atoms with Gasteiger partial charge in [-0.25, -0.2) is 0 Å². The third kappa shape index (κ3) is 6.33. The van der Waals surface area contributed by atoms with Gasteiger partial charge in [-0.15, -0.1) is 0 Å². The van der Waals surface area contributed by atoms with Crippen LogP contribution in [0.1, 0.15) is 12.0 Å². The molecule has 19 heavy (non-hydrogen) atoms. The van der Waals surface area contributed by atoms with Gasteiger partial charge in [-0.05, 0) is 40.5 Å². The van der Waals surface area contributed by atoms with Crippen molar-refractivity contribution in [3.63, 3.8) is 0 Å². The fraction of sp³-hybridized carbons (Fsp3) is 0.462. The van der Waals surface area contributed by atoms with E-state index in [1.165, 1.54) is 0 Å². The van der Waals surface area contributed by atoms with Crippen LogP contribution in [0.2, 0.25) is 0 Å². The first kappa shape index (κ1) is 16.4. The highest BCUT2D eigenvalue weighted by atomic mass is 79.9. The van der Waals surface area contributed by atoms with Gasteiger partial charge in [0, 0.05) is 36.0 Å². The zero-order chi connectivity index (χ0) is 14.1. The second-order valence-corrected chi connectivity index (χ2v) is 5.24. The van der Waals surface area contributed by atoms with Crippen molar-refractivity contribution in [1.82, 2.24) is 0 Å². The predicted octanol–water partition coefficient (Wildman–Crippen LogP) is 2.55. The maximum Gasteiger partial charge on any atom is 0.105 e. The van der Waals surface area contributed by atoms with Crippen molar-refractivity contribution in [3.05, 3.63) is 28.2 Å². The van der Waals surface area contributed by atoms with Crippen LogP contribution in [0.3, 0.4) is 0 Å². The van der Waals surface area contributed by atoms with Crippen molar-refractivity contribution in [2.24, 2.45) is 5.73 Å². The van der Waals surface area contributed by atoms with Crippen molar-refractivity contribution in [3.8, 4) is 0 Å². The van der Waals surface area contributed by atoms with E-state index in [0.717, 1.165) is 35.3 Å². The number of benzene rings is 1. The monoisotopic (exact) mass is 346 g/mol. The Morgan fingerprint density at radius 2 is 2.16 bits per heavy atom. The zero-order valence-electron chi connectivity index (χ0n) is 10.9. The maximum atomic E-state index is 5.60. The summed E-state index contributed by atoms with van der Waals surface area (Å²) < 4.78 is 11.2. The third-order valence-corrected chi connectivity index (χ3v) is 3.34. The molecule has 0 unspecified atom stereocenters. The van der Waals surface area contributed by atoms with E-state index in [9.17, 15) is 0 Å². The van der Waals surface area contributed by atoms with E-state index in [1.807, 2.05) is 18.2 Å². The molecule has 0 aliphatic rings. The molecule has 0 aromatic heterocycles. The van der Waals surface area contributed by atoms with Gasteiger partial charge in [0.2, 0.25) is 0 Å². The summed E-state index contributed by atoms with van der Waals surface area (Å²) in [5.74, 6) is 0. The Balaban J connectivity index is 2.26. The van der Waals surface area contributed by atoms with Crippen LogP contribution in [-0.4, -0.2) is 38.5 Å². The van der Waals surface area contributed by atoms with Crippen LogP contribution in [0, 0.1) is 0 Å². The molecule has 0 fully saturated rings. The number of rotatable bonds is 9. The van der Waals surface area contributed by atoms with E-state index < -0.39 is 0 Å². The first-order valence-electron chi connectivity index (χ1n) is 6.05. The van der Waals surface area contributed by atoms with Crippen LogP contribution in [0.15, 0.2) is 22.7 Å². The first-order valence-corrected chi connectivity index (χ1v) is 7.25. The van der Waals surface area contributed by atoms with Gasteiger partial charge in [0.25, 0.3) is 0 Å². The number of anilines is 1. The standard InChI is InChI=1S/C13H19BrN2O2S/c1-17-7-8-18-6-2-5-16-10-3-4-11(13(15)19)12(14)9-10/h3-4,9,16H,2,5-8H2,1H3,(H2,15,19). The lowest BCUT2D eigenvalue weighted by Gasteiger charge is -2.09. The summed E-state index contributed by atoms with van der Waals surface area (Å²) in [6.07, 6.45) is 0.943. The van der Waals surface area contributed by atoms with Crippen LogP contribution in [-0.2, 0) is 9.47 Å². The number of methoxy groups -OCH3 is 1. The van der Waals surface area contributed by atoms with Gasteiger partial charge in [0.15, 0.2) is 0 Å². The molecule has 0 aliphatic heterocycles. The Morgan fingerprint density at radius 3 is 2.79 bits per heavy atom. The van der Waals surface area contributed by atoms with Crippen LogP contribution in [0.25, 0.3) is 0 Å². The minimum Gasteiger partial charge on any atom is -0.389 e. The smallest absolute Gasteiger partial charge is 0.105 e. The molecule has 1 rings (SSSR count). The van der Waals surface area contributed by atoms with Gasteiger partial charge in [0.1, 0.15) is 4.99 Å². The molecule has 1 aromatic carbocycles. The second-order valence-electron chi connectivity index (χ2n) is 3.94. The molecule has 4 nitrogen and oxygen atoms in total. The molecule has 0 heterocycles. The van der Waals surface area contributed by atoms with Crippen LogP contribution in [0.5, 0.6) is 0 Å². The number of hydrogen-bond acceptors (Lipinski definition) is 4. The number of nitrogens with one attached hydrogen (secondary N) is 1. The Morgan fingerprint density at radius 1 is 1.37 bits per heavy atom. The molecule has 0 atom stereocenters. The minimum absolute atomic E-state index is 0.393. The maximum absolute atomic E-state index is 5.60. The van der Waals surface area contributed by atoms with Gasteiger partial charge >= 0.3 is 0 Å². The highest BCUT2D eigenvalue weighted by Crippen LogP contribution is 2.21. The van der Waals surface area contributed by atoms with Gasteiger partial charge in [0.05, 0.1) is 13.2 Å². The lowest BCUT2D eigenvalue weighted by Crippen LogP contribution is -2.11. The summed E-state index contributed by atoms with van der Waals surface area (Å²) in [4.78, 5) is 0.393. The highest BCUT2D eigenvalue weighted by Gasteiger charge is 2.03. The van der Waals surface area contributed by atoms with E-state index >= 15 is 0 Å². The van der Waals surface area contributed by atoms with Gasteiger partial charge in [-0.1, -0.05) is 12.2 Å². The van der Waals surface area contributed by atoms with Crippen molar-refractivity contribution in [2.75, 3.05) is 38.8 Å². The molecule has 0 amide bonds. The Bertz CT molecular complexity index is 416. The van der Waals surface area contributed by atoms with Gasteiger partial charge < -0.3 is 20.5 Å². The van der Waals surface area contributed by atoms with Crippen LogP contribution >= 0.6 is 28.1 Å². The largest absolute Gasteiger partial charge is 0.389 e. The van der Waals surface area contributed by atoms with E-state index in [-0.39, 0.29) is 0 Å². The predicted molar refractivity (Wildman–Crippen MR) is 85.8 cm³/mol. The van der Waals surface area contributed by atoms with Crippen molar-refractivity contribution in [2.45, 2.75) is 6.42 Å². The zero-order valence-corrected chi connectivity index (χ0v) is 13.4. The highest BCUT2D eigenvalue weighted by molar-refractivity contribution is 9.10. The molecule has 0 saturated carbocycles. The molecule has 106 valence electrons. The van der Waals surface area contributed by atoms with E-state index in [0.29, 0.717) is 18.2 Å². The summed E-state index contributed by atoms with van der Waals surface area (Å²) in [5.41, 5.74) is 7.48. The molecular formula is C13H19BrN2O2S. The van der Waals surface area contributed by atoms with Crippen LogP contribution < -0.4 is 11.1 Å². The summed E-state index contributed by atoms with van der Waals surface area (Å²) in [6.45, 7) is 2.86. The summed E-state index contributed by atoms with van der Waals surface area (Å²) in [6, 6.07) is 5.84. The minimum atomic E-state index is 0.393. The molecular weight excluding hydrogens is 328 g/mol. The molecule has 1 aromatic rings. The number of ether oxygens (including phenoxy) is 2. The number of halogens is 1. The summed E-state index contributed by atoms with van der Waals surface area (Å²) in [5, 5.41) is 3.32. The van der Waals surface area contributed by atoms with Crippen molar-refractivity contribution >= 4 is 38.8 Å². The number of hydrogen-bond donors (Lipinski definition) is 2. The summed E-state index contributed by atoms with van der Waals surface area (Å²) in [7, 11) is 1.67. The average molecular weight is 347 g/mol. The molecule has 0 radical (unpaired) electrons. The quantitative estimate of drug-likeness (QED) is 0.531. The van der Waals surface area contributed by atoms with E-state index in [4.69, 9.17) is 27.4 Å². The molecule has 0 bridgehead atoms. The van der Waals surface area contributed by atoms with Crippen molar-refractivity contribution < 1.29 is 9.47 Å². The second kappa shape index (κ2) is 9.25. The SMILES string of the molecule is COCCOCCCNc1ccc(C(N)=S)c(Br)c1. The fourth-order valence-corrected chi connectivity index (χ4v) is 2.38. The topological polar surface area (TPSA) is 56.5 Å². The van der Waals surface area contributed by atoms with Gasteiger partial charge in [-0.2, -0.15) is 0 Å². The molecule has 3 N–H and O–H groups in total. The first-order chi connectivity index (χ1) is 9.15. The van der Waals surface area contributed by atoms with Crippen molar-refractivity contribution in [1.29, 1.82) is 0 Å². The molecule has 0 aliphatic carbocycles. The van der Waals surface area contributed by atoms with Crippen LogP contribution in [0.4, 0.5) is 5.69 Å². The lowest BCUT2D eigenvalue weighted by molar-refractivity contribution is 0.0705. The molecule has 6 heteroatoms. The van der Waals surface area contributed by atoms with E-state index in [2.05, 4.69) is 21.2 Å². The number of nitrogens with two attached hydrogens (primary N) is 1. The average Bonchev–Trinajstić information content (AvgIpc) is 2.37. The Labute approximate surface area is 127 Å². The van der Waals surface area contributed by atoms with E-state index in [1.54, 1.807) is 7.11 Å². The third-order valence-electron chi connectivity index (χ3n) is 2.46. The normalized spacial score (nSPS) is 10.4.